The minimum Gasteiger partial charge on any atom is -0.497 e. The maximum Gasteiger partial charge on any atom is 0.298 e. The molecule has 7 heteroatoms. The van der Waals surface area contributed by atoms with Gasteiger partial charge in [0.1, 0.15) is 5.75 Å². The van der Waals surface area contributed by atoms with E-state index in [4.69, 9.17) is 4.74 Å². The first kappa shape index (κ1) is 16.8. The zero-order valence-electron chi connectivity index (χ0n) is 13.2. The molecule has 1 fully saturated rings. The quantitative estimate of drug-likeness (QED) is 0.720. The summed E-state index contributed by atoms with van der Waals surface area (Å²) in [5.41, 5.74) is 0.740. The predicted octanol–water partition coefficient (Wildman–Crippen LogP) is 2.61. The summed E-state index contributed by atoms with van der Waals surface area (Å²) >= 11 is 5.06. The van der Waals surface area contributed by atoms with Gasteiger partial charge in [-0.25, -0.2) is 4.98 Å². The van der Waals surface area contributed by atoms with Crippen molar-refractivity contribution < 1.29 is 9.53 Å². The lowest BCUT2D eigenvalue weighted by Gasteiger charge is -2.33. The molecule has 0 saturated carbocycles. The lowest BCUT2D eigenvalue weighted by atomic mass is 10.2. The Morgan fingerprint density at radius 1 is 1.33 bits per heavy atom. The first-order chi connectivity index (χ1) is 11.7. The highest BCUT2D eigenvalue weighted by Gasteiger charge is 2.21. The van der Waals surface area contributed by atoms with Crippen molar-refractivity contribution >= 4 is 38.3 Å². The van der Waals surface area contributed by atoms with Crippen molar-refractivity contribution in [3.8, 4) is 17.6 Å². The number of amides is 1. The Morgan fingerprint density at radius 2 is 2.12 bits per heavy atom. The molecule has 1 aliphatic heterocycles. The SMILES string of the molecule is COc1ccc(Br)c(C#CC(=O)N2CCN(c3nccs3)CC2)c1. The average molecular weight is 406 g/mol. The smallest absolute Gasteiger partial charge is 0.298 e. The second kappa shape index (κ2) is 7.69. The van der Waals surface area contributed by atoms with Gasteiger partial charge < -0.3 is 14.5 Å². The standard InChI is InChI=1S/C17H16BrN3O2S/c1-23-14-3-4-15(18)13(12-14)2-5-16(22)20-7-9-21(10-8-20)17-19-6-11-24-17/h3-4,6,11-12H,7-10H2,1H3. The normalized spacial score (nSPS) is 14.1. The fraction of sp³-hybridized carbons (Fsp3) is 0.294. The van der Waals surface area contributed by atoms with Crippen LogP contribution in [-0.4, -0.2) is 49.1 Å². The number of aromatic nitrogens is 1. The molecule has 1 saturated heterocycles. The topological polar surface area (TPSA) is 45.7 Å². The number of nitrogens with zero attached hydrogens (tertiary/aromatic N) is 3. The third-order valence-corrected chi connectivity index (χ3v) is 5.26. The third-order valence-electron chi connectivity index (χ3n) is 3.73. The summed E-state index contributed by atoms with van der Waals surface area (Å²) in [7, 11) is 1.60. The van der Waals surface area contributed by atoms with E-state index in [0.29, 0.717) is 18.8 Å². The van der Waals surface area contributed by atoms with Crippen LogP contribution in [0.4, 0.5) is 5.13 Å². The Bertz CT molecular complexity index is 775. The minimum absolute atomic E-state index is 0.150. The molecule has 24 heavy (non-hydrogen) atoms. The van der Waals surface area contributed by atoms with Crippen LogP contribution in [0.1, 0.15) is 5.56 Å². The molecule has 124 valence electrons. The van der Waals surface area contributed by atoms with E-state index in [0.717, 1.165) is 28.3 Å². The number of piperazine rings is 1. The largest absolute Gasteiger partial charge is 0.497 e. The summed E-state index contributed by atoms with van der Waals surface area (Å²) in [6.07, 6.45) is 1.80. The van der Waals surface area contributed by atoms with Crippen molar-refractivity contribution in [1.82, 2.24) is 9.88 Å². The van der Waals surface area contributed by atoms with Crippen molar-refractivity contribution in [3.63, 3.8) is 0 Å². The van der Waals surface area contributed by atoms with Crippen LogP contribution in [0.25, 0.3) is 0 Å². The van der Waals surface area contributed by atoms with Gasteiger partial charge in [0.05, 0.1) is 7.11 Å². The van der Waals surface area contributed by atoms with Gasteiger partial charge in [-0.3, -0.25) is 4.79 Å². The Morgan fingerprint density at radius 3 is 2.79 bits per heavy atom. The van der Waals surface area contributed by atoms with E-state index >= 15 is 0 Å². The Hall–Kier alpha value is -2.04. The monoisotopic (exact) mass is 405 g/mol. The molecule has 0 unspecified atom stereocenters. The highest BCUT2D eigenvalue weighted by atomic mass is 79.9. The van der Waals surface area contributed by atoms with Crippen LogP contribution in [-0.2, 0) is 4.79 Å². The number of hydrogen-bond acceptors (Lipinski definition) is 5. The van der Waals surface area contributed by atoms with E-state index in [1.807, 2.05) is 23.6 Å². The van der Waals surface area contributed by atoms with E-state index in [1.54, 1.807) is 29.5 Å². The molecule has 0 N–H and O–H groups in total. The molecule has 0 radical (unpaired) electrons. The maximum atomic E-state index is 12.3. The molecule has 5 nitrogen and oxygen atoms in total. The number of hydrogen-bond donors (Lipinski definition) is 0. The Kier molecular flexibility index (Phi) is 5.38. The average Bonchev–Trinajstić information content (AvgIpc) is 3.15. The lowest BCUT2D eigenvalue weighted by Crippen LogP contribution is -2.48. The Labute approximate surface area is 153 Å². The summed E-state index contributed by atoms with van der Waals surface area (Å²) in [5.74, 6) is 6.23. The first-order valence-corrected chi connectivity index (χ1v) is 9.13. The molecule has 0 spiro atoms. The van der Waals surface area contributed by atoms with Crippen LogP contribution < -0.4 is 9.64 Å². The molecule has 1 aromatic carbocycles. The van der Waals surface area contributed by atoms with Crippen LogP contribution in [0.2, 0.25) is 0 Å². The van der Waals surface area contributed by atoms with Gasteiger partial charge in [-0.1, -0.05) is 5.92 Å². The molecule has 0 bridgehead atoms. The fourth-order valence-corrected chi connectivity index (χ4v) is 3.44. The van der Waals surface area contributed by atoms with E-state index in [9.17, 15) is 4.79 Å². The number of benzene rings is 1. The number of carbonyl (C=O) groups excluding carboxylic acids is 1. The lowest BCUT2D eigenvalue weighted by molar-refractivity contribution is -0.125. The summed E-state index contributed by atoms with van der Waals surface area (Å²) in [4.78, 5) is 20.6. The number of carbonyl (C=O) groups is 1. The first-order valence-electron chi connectivity index (χ1n) is 7.46. The van der Waals surface area contributed by atoms with Crippen LogP contribution in [0, 0.1) is 11.8 Å². The molecule has 2 heterocycles. The number of ether oxygens (including phenoxy) is 1. The maximum absolute atomic E-state index is 12.3. The van der Waals surface area contributed by atoms with E-state index < -0.39 is 0 Å². The molecule has 3 rings (SSSR count). The molecule has 1 amide bonds. The van der Waals surface area contributed by atoms with Crippen molar-refractivity contribution in [2.24, 2.45) is 0 Å². The zero-order chi connectivity index (χ0) is 16.9. The van der Waals surface area contributed by atoms with Gasteiger partial charge in [0, 0.05) is 53.7 Å². The van der Waals surface area contributed by atoms with E-state index in [2.05, 4.69) is 37.7 Å². The van der Waals surface area contributed by atoms with Crippen molar-refractivity contribution in [2.75, 3.05) is 38.2 Å². The van der Waals surface area contributed by atoms with E-state index in [1.165, 1.54) is 0 Å². The number of methoxy groups -OCH3 is 1. The van der Waals surface area contributed by atoms with Crippen LogP contribution >= 0.6 is 27.3 Å². The Balaban J connectivity index is 1.63. The molecule has 1 aliphatic rings. The van der Waals surface area contributed by atoms with Gasteiger partial charge >= 0.3 is 0 Å². The summed E-state index contributed by atoms with van der Waals surface area (Å²) in [6, 6.07) is 5.51. The number of halogens is 1. The molecule has 1 aromatic heterocycles. The van der Waals surface area contributed by atoms with Crippen molar-refractivity contribution in [1.29, 1.82) is 0 Å². The van der Waals surface area contributed by atoms with Gasteiger partial charge in [0.25, 0.3) is 5.91 Å². The number of thiazole rings is 1. The van der Waals surface area contributed by atoms with Crippen LogP contribution in [0.15, 0.2) is 34.2 Å². The highest BCUT2D eigenvalue weighted by Crippen LogP contribution is 2.22. The predicted molar refractivity (Wildman–Crippen MR) is 98.5 cm³/mol. The molecule has 2 aromatic rings. The fourth-order valence-electron chi connectivity index (χ4n) is 2.40. The van der Waals surface area contributed by atoms with Gasteiger partial charge in [-0.05, 0) is 34.1 Å². The molecule has 0 atom stereocenters. The van der Waals surface area contributed by atoms with Crippen molar-refractivity contribution in [2.45, 2.75) is 0 Å². The number of rotatable bonds is 2. The second-order valence-corrected chi connectivity index (χ2v) is 6.92. The third kappa shape index (κ3) is 3.89. The van der Waals surface area contributed by atoms with Gasteiger partial charge in [-0.2, -0.15) is 0 Å². The summed E-state index contributed by atoms with van der Waals surface area (Å²) in [6.45, 7) is 2.88. The molecular formula is C17H16BrN3O2S. The van der Waals surface area contributed by atoms with Crippen LogP contribution in [0.5, 0.6) is 5.75 Å². The van der Waals surface area contributed by atoms with Gasteiger partial charge in [0.2, 0.25) is 0 Å². The van der Waals surface area contributed by atoms with E-state index in [-0.39, 0.29) is 5.91 Å². The minimum atomic E-state index is -0.150. The van der Waals surface area contributed by atoms with Gasteiger partial charge in [0.15, 0.2) is 5.13 Å². The molecule has 0 aliphatic carbocycles. The second-order valence-electron chi connectivity index (χ2n) is 5.19. The van der Waals surface area contributed by atoms with Crippen molar-refractivity contribution in [3.05, 3.63) is 39.8 Å². The summed E-state index contributed by atoms with van der Waals surface area (Å²) in [5, 5.41) is 2.97. The number of anilines is 1. The molecular weight excluding hydrogens is 390 g/mol. The van der Waals surface area contributed by atoms with Crippen LogP contribution in [0.3, 0.4) is 0 Å². The highest BCUT2D eigenvalue weighted by molar-refractivity contribution is 9.10. The summed E-state index contributed by atoms with van der Waals surface area (Å²) < 4.78 is 6.03. The zero-order valence-corrected chi connectivity index (χ0v) is 15.6. The van der Waals surface area contributed by atoms with Gasteiger partial charge in [-0.15, -0.1) is 11.3 Å².